The van der Waals surface area contributed by atoms with Crippen LogP contribution in [0, 0.1) is 5.82 Å². The van der Waals surface area contributed by atoms with Crippen molar-refractivity contribution in [2.24, 2.45) is 0 Å². The first-order valence-electron chi connectivity index (χ1n) is 8.64. The molecule has 0 amide bonds. The second kappa shape index (κ2) is 8.56. The monoisotopic (exact) mass is 386 g/mol. The average Bonchev–Trinajstić information content (AvgIpc) is 2.71. The highest BCUT2D eigenvalue weighted by Gasteiger charge is 2.20. The third-order valence-electron chi connectivity index (χ3n) is 4.05. The Balaban J connectivity index is 1.66. The van der Waals surface area contributed by atoms with Gasteiger partial charge in [0.15, 0.2) is 17.6 Å². The van der Waals surface area contributed by atoms with Crippen LogP contribution < -0.4 is 14.2 Å². The van der Waals surface area contributed by atoms with Crippen molar-refractivity contribution in [3.63, 3.8) is 0 Å². The van der Waals surface area contributed by atoms with Gasteiger partial charge in [-0.25, -0.2) is 9.18 Å². The third-order valence-corrected chi connectivity index (χ3v) is 4.05. The third kappa shape index (κ3) is 4.49. The summed E-state index contributed by atoms with van der Waals surface area (Å²) in [6.45, 7) is 2.32. The predicted octanol–water partition coefficient (Wildman–Crippen LogP) is 3.43. The van der Waals surface area contributed by atoms with Gasteiger partial charge in [-0.3, -0.25) is 4.79 Å². The first-order valence-corrected chi connectivity index (χ1v) is 8.64. The lowest BCUT2D eigenvalue weighted by molar-refractivity contribution is -0.140. The van der Waals surface area contributed by atoms with Crippen molar-refractivity contribution in [1.82, 2.24) is 0 Å². The van der Waals surface area contributed by atoms with Gasteiger partial charge in [0.25, 0.3) is 0 Å². The van der Waals surface area contributed by atoms with Crippen LogP contribution in [0.3, 0.4) is 0 Å². The smallest absolute Gasteiger partial charge is 0.331 e. The van der Waals surface area contributed by atoms with E-state index >= 15 is 0 Å². The maximum absolute atomic E-state index is 13.0. The second-order valence-electron chi connectivity index (χ2n) is 6.03. The zero-order chi connectivity index (χ0) is 20.1. The van der Waals surface area contributed by atoms with Crippen molar-refractivity contribution in [3.05, 3.63) is 59.4 Å². The highest BCUT2D eigenvalue weighted by Crippen LogP contribution is 2.40. The number of carbonyl (C=O) groups excluding carboxylic acids is 2. The van der Waals surface area contributed by atoms with Gasteiger partial charge in [-0.15, -0.1) is 0 Å². The zero-order valence-electron chi connectivity index (χ0n) is 15.4. The van der Waals surface area contributed by atoms with Crippen molar-refractivity contribution in [1.29, 1.82) is 0 Å². The number of hydrogen-bond donors (Lipinski definition) is 0. The van der Waals surface area contributed by atoms with Gasteiger partial charge in [0.05, 0.1) is 7.11 Å². The molecule has 0 radical (unpaired) electrons. The maximum atomic E-state index is 13.0. The summed E-state index contributed by atoms with van der Waals surface area (Å²) in [5.41, 5.74) is 0.915. The highest BCUT2D eigenvalue weighted by molar-refractivity contribution is 6.01. The summed E-state index contributed by atoms with van der Waals surface area (Å²) in [5, 5.41) is 0. The molecule has 0 aromatic heterocycles. The summed E-state index contributed by atoms with van der Waals surface area (Å²) in [7, 11) is 1.51. The molecule has 0 unspecified atom stereocenters. The fourth-order valence-corrected chi connectivity index (χ4v) is 2.67. The van der Waals surface area contributed by atoms with Crippen LogP contribution in [0.2, 0.25) is 0 Å². The van der Waals surface area contributed by atoms with Crippen molar-refractivity contribution in [2.45, 2.75) is 13.0 Å². The minimum absolute atomic E-state index is 0.266. The van der Waals surface area contributed by atoms with Gasteiger partial charge in [-0.05, 0) is 55.0 Å². The lowest BCUT2D eigenvalue weighted by Crippen LogP contribution is -2.23. The van der Waals surface area contributed by atoms with E-state index in [1.807, 2.05) is 0 Å². The van der Waals surface area contributed by atoms with E-state index in [4.69, 9.17) is 18.9 Å². The van der Waals surface area contributed by atoms with Gasteiger partial charge in [0, 0.05) is 11.6 Å². The number of rotatable bonds is 6. The molecule has 0 bridgehead atoms. The Kier molecular flexibility index (Phi) is 5.93. The largest absolute Gasteiger partial charge is 0.493 e. The number of methoxy groups -OCH3 is 1. The molecule has 1 heterocycles. The Morgan fingerprint density at radius 1 is 1.14 bits per heavy atom. The number of fused-ring (bicyclic) bond motifs is 1. The average molecular weight is 386 g/mol. The first kappa shape index (κ1) is 19.4. The Labute approximate surface area is 161 Å². The van der Waals surface area contributed by atoms with Crippen LogP contribution in [-0.4, -0.2) is 38.2 Å². The molecule has 0 N–H and O–H groups in total. The Morgan fingerprint density at radius 2 is 1.86 bits per heavy atom. The fraction of sp³-hybridized carbons (Fsp3) is 0.238. The molecule has 28 heavy (non-hydrogen) atoms. The van der Waals surface area contributed by atoms with Crippen LogP contribution in [0.15, 0.2) is 42.5 Å². The van der Waals surface area contributed by atoms with Gasteiger partial charge in [0.2, 0.25) is 11.5 Å². The molecule has 146 valence electrons. The van der Waals surface area contributed by atoms with Crippen molar-refractivity contribution in [3.8, 4) is 17.2 Å². The number of ether oxygens (including phenoxy) is 4. The summed E-state index contributed by atoms with van der Waals surface area (Å²) < 4.78 is 34.4. The molecule has 0 saturated heterocycles. The molecule has 0 aliphatic carbocycles. The molecule has 0 spiro atoms. The van der Waals surface area contributed by atoms with E-state index in [0.29, 0.717) is 36.0 Å². The number of hydrogen-bond acceptors (Lipinski definition) is 6. The summed E-state index contributed by atoms with van der Waals surface area (Å²) in [6, 6.07) is 8.46. The second-order valence-corrected chi connectivity index (χ2v) is 6.03. The van der Waals surface area contributed by atoms with Crippen LogP contribution in [0.5, 0.6) is 17.2 Å². The molecule has 1 aliphatic heterocycles. The zero-order valence-corrected chi connectivity index (χ0v) is 15.4. The predicted molar refractivity (Wildman–Crippen MR) is 99.3 cm³/mol. The van der Waals surface area contributed by atoms with Crippen LogP contribution in [0.1, 0.15) is 22.8 Å². The number of halogens is 1. The van der Waals surface area contributed by atoms with Gasteiger partial charge in [-0.2, -0.15) is 0 Å². The Morgan fingerprint density at radius 3 is 2.57 bits per heavy atom. The van der Waals surface area contributed by atoms with Gasteiger partial charge in [0.1, 0.15) is 19.0 Å². The molecule has 6 nitrogen and oxygen atoms in total. The topological polar surface area (TPSA) is 71.1 Å². The van der Waals surface area contributed by atoms with E-state index in [-0.39, 0.29) is 5.56 Å². The standard InChI is InChI=1S/C21H19FO6/c1-13(20(24)15-4-6-16(22)7-5-15)28-19(23)8-3-14-11-17(25-2)21-18(12-14)26-9-10-27-21/h3-8,11-13H,9-10H2,1-2H3/b8-3+/t13-/m1/s1. The summed E-state index contributed by atoms with van der Waals surface area (Å²) in [6.07, 6.45) is 1.73. The number of Topliss-reactive ketones (excluding diaryl/α,β-unsaturated/α-hetero) is 1. The highest BCUT2D eigenvalue weighted by atomic mass is 19.1. The van der Waals surface area contributed by atoms with E-state index in [2.05, 4.69) is 0 Å². The maximum Gasteiger partial charge on any atom is 0.331 e. The molecular formula is C21H19FO6. The first-order chi connectivity index (χ1) is 13.5. The number of ketones is 1. The van der Waals surface area contributed by atoms with E-state index in [1.165, 1.54) is 50.5 Å². The van der Waals surface area contributed by atoms with Gasteiger partial charge >= 0.3 is 5.97 Å². The van der Waals surface area contributed by atoms with E-state index in [9.17, 15) is 14.0 Å². The summed E-state index contributed by atoms with van der Waals surface area (Å²) in [4.78, 5) is 24.3. The van der Waals surface area contributed by atoms with Gasteiger partial charge < -0.3 is 18.9 Å². The SMILES string of the molecule is COc1cc(/C=C/C(=O)O[C@H](C)C(=O)c2ccc(F)cc2)cc2c1OCCO2. The molecule has 1 aliphatic rings. The van der Waals surface area contributed by atoms with Crippen LogP contribution >= 0.6 is 0 Å². The van der Waals surface area contributed by atoms with Crippen LogP contribution in [0.25, 0.3) is 6.08 Å². The van der Waals surface area contributed by atoms with Crippen LogP contribution in [0.4, 0.5) is 4.39 Å². The van der Waals surface area contributed by atoms with Crippen molar-refractivity contribution < 1.29 is 32.9 Å². The summed E-state index contributed by atoms with van der Waals surface area (Å²) >= 11 is 0. The van der Waals surface area contributed by atoms with E-state index < -0.39 is 23.7 Å². The van der Waals surface area contributed by atoms with Crippen LogP contribution in [-0.2, 0) is 9.53 Å². The lowest BCUT2D eigenvalue weighted by atomic mass is 10.1. The number of carbonyl (C=O) groups is 2. The molecule has 0 fully saturated rings. The molecule has 2 aromatic rings. The van der Waals surface area contributed by atoms with Crippen molar-refractivity contribution >= 4 is 17.8 Å². The number of benzene rings is 2. The fourth-order valence-electron chi connectivity index (χ4n) is 2.67. The lowest BCUT2D eigenvalue weighted by Gasteiger charge is -2.20. The molecule has 1 atom stereocenters. The Bertz CT molecular complexity index is 887. The quantitative estimate of drug-likeness (QED) is 0.430. The minimum Gasteiger partial charge on any atom is -0.493 e. The molecule has 3 rings (SSSR count). The molecule has 2 aromatic carbocycles. The Hall–Kier alpha value is -3.35. The molecular weight excluding hydrogens is 367 g/mol. The van der Waals surface area contributed by atoms with Crippen molar-refractivity contribution in [2.75, 3.05) is 20.3 Å². The summed E-state index contributed by atoms with van der Waals surface area (Å²) in [5.74, 6) is -0.00547. The molecule has 0 saturated carbocycles. The normalized spacial score (nSPS) is 13.8. The van der Waals surface area contributed by atoms with E-state index in [1.54, 1.807) is 12.1 Å². The van der Waals surface area contributed by atoms with Gasteiger partial charge in [-0.1, -0.05) is 0 Å². The molecule has 7 heteroatoms. The minimum atomic E-state index is -1.00. The van der Waals surface area contributed by atoms with E-state index in [0.717, 1.165) is 0 Å². The number of esters is 1.